The van der Waals surface area contributed by atoms with Crippen LogP contribution < -0.4 is 15.0 Å². The lowest BCUT2D eigenvalue weighted by molar-refractivity contribution is -0.131. The minimum Gasteiger partial charge on any atom is -0.495 e. The van der Waals surface area contributed by atoms with E-state index in [-0.39, 0.29) is 5.91 Å². The summed E-state index contributed by atoms with van der Waals surface area (Å²) >= 11 is 0. The van der Waals surface area contributed by atoms with Crippen LogP contribution in [0.2, 0.25) is 0 Å². The summed E-state index contributed by atoms with van der Waals surface area (Å²) in [5.74, 6) is 1.10. The third kappa shape index (κ3) is 4.54. The first-order chi connectivity index (χ1) is 13.1. The molecule has 0 radical (unpaired) electrons. The molecule has 1 amide bonds. The second kappa shape index (κ2) is 8.80. The van der Waals surface area contributed by atoms with Crippen LogP contribution >= 0.6 is 0 Å². The number of rotatable bonds is 6. The normalized spacial score (nSPS) is 14.2. The molecule has 1 fully saturated rings. The van der Waals surface area contributed by atoms with Crippen LogP contribution in [0.15, 0.2) is 42.5 Å². The second-order valence-electron chi connectivity index (χ2n) is 6.98. The van der Waals surface area contributed by atoms with Crippen LogP contribution in [0.3, 0.4) is 0 Å². The molecule has 1 saturated heterocycles. The molecule has 0 saturated carbocycles. The van der Waals surface area contributed by atoms with Crippen molar-refractivity contribution in [2.45, 2.75) is 20.3 Å². The van der Waals surface area contributed by atoms with Gasteiger partial charge in [-0.2, -0.15) is 0 Å². The van der Waals surface area contributed by atoms with Gasteiger partial charge in [0.05, 0.1) is 12.8 Å². The molecule has 5 nitrogen and oxygen atoms in total. The molecule has 1 aliphatic heterocycles. The number of amides is 1. The van der Waals surface area contributed by atoms with E-state index < -0.39 is 0 Å². The monoisotopic (exact) mass is 367 g/mol. The maximum Gasteiger partial charge on any atom is 0.224 e. The largest absolute Gasteiger partial charge is 0.495 e. The van der Waals surface area contributed by atoms with E-state index in [1.54, 1.807) is 7.11 Å². The van der Waals surface area contributed by atoms with Crippen LogP contribution in [0.1, 0.15) is 17.5 Å². The highest BCUT2D eigenvalue weighted by Crippen LogP contribution is 2.28. The van der Waals surface area contributed by atoms with Crippen LogP contribution in [-0.2, 0) is 4.79 Å². The first-order valence-corrected chi connectivity index (χ1v) is 9.56. The zero-order valence-corrected chi connectivity index (χ0v) is 16.5. The Morgan fingerprint density at radius 3 is 2.33 bits per heavy atom. The lowest BCUT2D eigenvalue weighted by Gasteiger charge is -2.36. The summed E-state index contributed by atoms with van der Waals surface area (Å²) in [6.07, 6.45) is 0.516. The number of nitrogens with zero attached hydrogens (tertiary/aromatic N) is 2. The summed E-state index contributed by atoms with van der Waals surface area (Å²) < 4.78 is 5.46. The minimum absolute atomic E-state index is 0.216. The van der Waals surface area contributed by atoms with Crippen molar-refractivity contribution in [3.05, 3.63) is 53.6 Å². The van der Waals surface area contributed by atoms with Crippen LogP contribution in [0.5, 0.6) is 5.75 Å². The number of anilines is 2. The molecule has 3 rings (SSSR count). The molecule has 1 heterocycles. The van der Waals surface area contributed by atoms with Crippen molar-refractivity contribution in [2.24, 2.45) is 0 Å². The molecule has 144 valence electrons. The summed E-state index contributed by atoms with van der Waals surface area (Å²) in [6.45, 7) is 8.01. The van der Waals surface area contributed by atoms with E-state index in [1.807, 2.05) is 23.1 Å². The fraction of sp³-hybridized carbons (Fsp3) is 0.409. The lowest BCUT2D eigenvalue weighted by Crippen LogP contribution is -2.49. The Labute approximate surface area is 161 Å². The van der Waals surface area contributed by atoms with E-state index >= 15 is 0 Å². The van der Waals surface area contributed by atoms with Crippen LogP contribution in [0.25, 0.3) is 0 Å². The van der Waals surface area contributed by atoms with Gasteiger partial charge in [0, 0.05) is 44.8 Å². The second-order valence-corrected chi connectivity index (χ2v) is 6.98. The maximum atomic E-state index is 12.6. The Morgan fingerprint density at radius 2 is 1.67 bits per heavy atom. The van der Waals surface area contributed by atoms with E-state index in [0.717, 1.165) is 43.3 Å². The molecule has 0 spiro atoms. The number of piperazine rings is 1. The number of methoxy groups -OCH3 is 1. The minimum atomic E-state index is 0.216. The molecule has 27 heavy (non-hydrogen) atoms. The Morgan fingerprint density at radius 1 is 1.00 bits per heavy atom. The van der Waals surface area contributed by atoms with Crippen molar-refractivity contribution < 1.29 is 9.53 Å². The van der Waals surface area contributed by atoms with Crippen LogP contribution in [0.4, 0.5) is 11.4 Å². The molecule has 5 heteroatoms. The number of ether oxygens (including phenoxy) is 1. The van der Waals surface area contributed by atoms with Gasteiger partial charge in [-0.05, 0) is 37.1 Å². The van der Waals surface area contributed by atoms with Crippen molar-refractivity contribution in [2.75, 3.05) is 50.1 Å². The third-order valence-corrected chi connectivity index (χ3v) is 5.18. The molecule has 2 aromatic rings. The average Bonchev–Trinajstić information content (AvgIpc) is 2.70. The predicted molar refractivity (Wildman–Crippen MR) is 111 cm³/mol. The van der Waals surface area contributed by atoms with Crippen molar-refractivity contribution >= 4 is 17.3 Å². The topological polar surface area (TPSA) is 44.8 Å². The van der Waals surface area contributed by atoms with Crippen molar-refractivity contribution in [1.29, 1.82) is 0 Å². The van der Waals surface area contributed by atoms with Crippen LogP contribution in [-0.4, -0.2) is 50.6 Å². The zero-order valence-electron chi connectivity index (χ0n) is 16.5. The highest BCUT2D eigenvalue weighted by Gasteiger charge is 2.22. The van der Waals surface area contributed by atoms with E-state index in [0.29, 0.717) is 13.0 Å². The lowest BCUT2D eigenvalue weighted by atomic mass is 10.1. The van der Waals surface area contributed by atoms with E-state index in [4.69, 9.17) is 4.74 Å². The fourth-order valence-electron chi connectivity index (χ4n) is 3.63. The van der Waals surface area contributed by atoms with Gasteiger partial charge in [0.15, 0.2) is 0 Å². The Bertz CT molecular complexity index is 763. The Balaban J connectivity index is 1.49. The molecule has 0 bridgehead atoms. The Kier molecular flexibility index (Phi) is 6.22. The van der Waals surface area contributed by atoms with Gasteiger partial charge >= 0.3 is 0 Å². The third-order valence-electron chi connectivity index (χ3n) is 5.18. The Hall–Kier alpha value is -2.69. The van der Waals surface area contributed by atoms with Gasteiger partial charge in [-0.1, -0.05) is 30.3 Å². The molecule has 0 atom stereocenters. The number of nitrogens with one attached hydrogen (secondary N) is 1. The van der Waals surface area contributed by atoms with Gasteiger partial charge in [-0.25, -0.2) is 0 Å². The molecular weight excluding hydrogens is 338 g/mol. The van der Waals surface area contributed by atoms with Gasteiger partial charge in [-0.15, -0.1) is 0 Å². The standard InChI is InChI=1S/C22H29N3O2/c1-17-7-6-8-18(2)22(17)23-12-11-21(26)25-15-13-24(14-16-25)19-9-4-5-10-20(19)27-3/h4-10,23H,11-16H2,1-3H3. The highest BCUT2D eigenvalue weighted by atomic mass is 16.5. The van der Waals surface area contributed by atoms with Crippen molar-refractivity contribution in [1.82, 2.24) is 4.90 Å². The molecule has 0 aliphatic carbocycles. The van der Waals surface area contributed by atoms with Gasteiger partial charge in [0.25, 0.3) is 0 Å². The smallest absolute Gasteiger partial charge is 0.224 e. The first-order valence-electron chi connectivity index (χ1n) is 9.56. The molecule has 0 aromatic heterocycles. The quantitative estimate of drug-likeness (QED) is 0.849. The van der Waals surface area contributed by atoms with Gasteiger partial charge in [0.1, 0.15) is 5.75 Å². The van der Waals surface area contributed by atoms with E-state index in [2.05, 4.69) is 48.3 Å². The van der Waals surface area contributed by atoms with Crippen LogP contribution in [0, 0.1) is 13.8 Å². The van der Waals surface area contributed by atoms with Crippen molar-refractivity contribution in [3.63, 3.8) is 0 Å². The summed E-state index contributed by atoms with van der Waals surface area (Å²) in [6, 6.07) is 14.3. The number of hydrogen-bond donors (Lipinski definition) is 1. The number of para-hydroxylation sites is 3. The SMILES string of the molecule is COc1ccccc1N1CCN(C(=O)CCNc2c(C)cccc2C)CC1. The fourth-order valence-corrected chi connectivity index (χ4v) is 3.63. The van der Waals surface area contributed by atoms with E-state index in [9.17, 15) is 4.79 Å². The summed E-state index contributed by atoms with van der Waals surface area (Å²) in [4.78, 5) is 16.8. The molecule has 1 aliphatic rings. The molecule has 2 aromatic carbocycles. The predicted octanol–water partition coefficient (Wildman–Crippen LogP) is 3.46. The van der Waals surface area contributed by atoms with Gasteiger partial charge in [0.2, 0.25) is 5.91 Å². The number of carbonyl (C=O) groups excluding carboxylic acids is 1. The van der Waals surface area contributed by atoms with E-state index in [1.165, 1.54) is 11.1 Å². The molecule has 0 unspecified atom stereocenters. The van der Waals surface area contributed by atoms with Gasteiger partial charge < -0.3 is 19.9 Å². The number of aryl methyl sites for hydroxylation is 2. The van der Waals surface area contributed by atoms with Crippen molar-refractivity contribution in [3.8, 4) is 5.75 Å². The number of hydrogen-bond acceptors (Lipinski definition) is 4. The highest BCUT2D eigenvalue weighted by molar-refractivity contribution is 5.77. The number of carbonyl (C=O) groups is 1. The number of benzene rings is 2. The average molecular weight is 367 g/mol. The first kappa shape index (κ1) is 19.1. The molecular formula is C22H29N3O2. The summed E-state index contributed by atoms with van der Waals surface area (Å²) in [5, 5.41) is 3.43. The zero-order chi connectivity index (χ0) is 19.2. The van der Waals surface area contributed by atoms with Gasteiger partial charge in [-0.3, -0.25) is 4.79 Å². The summed E-state index contributed by atoms with van der Waals surface area (Å²) in [7, 11) is 1.70. The summed E-state index contributed by atoms with van der Waals surface area (Å²) in [5.41, 5.74) is 4.68. The molecule has 1 N–H and O–H groups in total. The maximum absolute atomic E-state index is 12.6.